The summed E-state index contributed by atoms with van der Waals surface area (Å²) in [5.74, 6) is -0.166. The molecule has 2 aromatic heterocycles. The Balaban J connectivity index is 1.90. The molecular weight excluding hydrogens is 365 g/mol. The van der Waals surface area contributed by atoms with Gasteiger partial charge in [-0.15, -0.1) is 11.8 Å². The third-order valence-electron chi connectivity index (χ3n) is 3.46. The minimum absolute atomic E-state index is 0.0341. The highest BCUT2D eigenvalue weighted by Gasteiger charge is 2.44. The quantitative estimate of drug-likeness (QED) is 0.383. The highest BCUT2D eigenvalue weighted by Crippen LogP contribution is 2.34. The van der Waals surface area contributed by atoms with Crippen LogP contribution in [0.3, 0.4) is 0 Å². The van der Waals surface area contributed by atoms with Crippen molar-refractivity contribution in [3.05, 3.63) is 16.7 Å². The third kappa shape index (κ3) is 3.20. The van der Waals surface area contributed by atoms with Crippen LogP contribution in [-0.4, -0.2) is 54.7 Å². The van der Waals surface area contributed by atoms with Crippen molar-refractivity contribution in [2.45, 2.75) is 24.5 Å². The first-order chi connectivity index (χ1) is 11.2. The standard InChI is InChI=1S/C10H14N5O7PS/c11-10-13-7-4(8(18)14-10)12-2-15(7)9-6(17)5(16)3(22-9)1-21-23(19,20)24/h2-3,5-6,9,16-17H,1H2,(H2,19,20,24)(H3,11,13,14,18)/p-2/t3-,5?,6?,9-/m1/s1. The van der Waals surface area contributed by atoms with Gasteiger partial charge in [-0.1, -0.05) is 6.72 Å². The van der Waals surface area contributed by atoms with Gasteiger partial charge < -0.3 is 35.0 Å². The zero-order chi connectivity index (χ0) is 17.6. The Hall–Kier alpha value is -1.44. The van der Waals surface area contributed by atoms with E-state index in [-0.39, 0.29) is 17.1 Å². The number of hydrogen-bond acceptors (Lipinski definition) is 11. The van der Waals surface area contributed by atoms with E-state index in [4.69, 9.17) is 10.5 Å². The number of aromatic nitrogens is 4. The summed E-state index contributed by atoms with van der Waals surface area (Å²) in [5, 5.41) is 20.1. The zero-order valence-electron chi connectivity index (χ0n) is 11.8. The number of rotatable bonds is 4. The van der Waals surface area contributed by atoms with E-state index in [0.29, 0.717) is 0 Å². The summed E-state index contributed by atoms with van der Waals surface area (Å²) in [7, 11) is 0. The molecule has 1 fully saturated rings. The molecule has 1 aliphatic heterocycles. The smallest absolute Gasteiger partial charge is 0.280 e. The molecule has 0 aromatic carbocycles. The third-order valence-corrected chi connectivity index (χ3v) is 4.24. The second kappa shape index (κ2) is 6.13. The van der Waals surface area contributed by atoms with Gasteiger partial charge in [-0.2, -0.15) is 4.98 Å². The number of hydrogen-bond donors (Lipinski definition) is 4. The van der Waals surface area contributed by atoms with Gasteiger partial charge in [-0.3, -0.25) is 14.3 Å². The second-order valence-electron chi connectivity index (χ2n) is 5.06. The molecular formula is C10H12N5O7PS-2. The molecule has 3 rings (SSSR count). The van der Waals surface area contributed by atoms with Crippen LogP contribution in [0.5, 0.6) is 0 Å². The number of aromatic amines is 1. The number of anilines is 1. The number of nitrogen functional groups attached to an aromatic ring is 1. The van der Waals surface area contributed by atoms with Gasteiger partial charge in [0.15, 0.2) is 17.4 Å². The van der Waals surface area contributed by atoms with E-state index in [1.54, 1.807) is 0 Å². The summed E-state index contributed by atoms with van der Waals surface area (Å²) < 4.78 is 11.0. The van der Waals surface area contributed by atoms with Crippen LogP contribution in [-0.2, 0) is 21.1 Å². The van der Waals surface area contributed by atoms with Crippen LogP contribution in [0.1, 0.15) is 6.23 Å². The molecule has 2 aromatic rings. The first-order valence-electron chi connectivity index (χ1n) is 6.58. The molecule has 0 bridgehead atoms. The Morgan fingerprint density at radius 1 is 1.50 bits per heavy atom. The normalized spacial score (nSPS) is 27.8. The Labute approximate surface area is 138 Å². The maximum atomic E-state index is 11.7. The van der Waals surface area contributed by atoms with E-state index in [0.717, 1.165) is 0 Å². The van der Waals surface area contributed by atoms with E-state index < -0.39 is 43.4 Å². The Bertz CT molecular complexity index is 865. The van der Waals surface area contributed by atoms with E-state index in [2.05, 4.69) is 31.3 Å². The average molecular weight is 377 g/mol. The largest absolute Gasteiger partial charge is 0.812 e. The summed E-state index contributed by atoms with van der Waals surface area (Å²) in [6, 6.07) is 0. The van der Waals surface area contributed by atoms with E-state index >= 15 is 0 Å². The second-order valence-corrected chi connectivity index (χ2v) is 7.56. The molecule has 132 valence electrons. The summed E-state index contributed by atoms with van der Waals surface area (Å²) in [4.78, 5) is 43.6. The van der Waals surface area contributed by atoms with Crippen molar-refractivity contribution in [3.63, 3.8) is 0 Å². The molecule has 12 nitrogen and oxygen atoms in total. The molecule has 14 heteroatoms. The van der Waals surface area contributed by atoms with Crippen molar-refractivity contribution < 1.29 is 29.3 Å². The first-order valence-corrected chi connectivity index (χ1v) is 9.13. The molecule has 1 aliphatic rings. The highest BCUT2D eigenvalue weighted by molar-refractivity contribution is 8.05. The minimum atomic E-state index is -4.43. The van der Waals surface area contributed by atoms with Gasteiger partial charge in [0, 0.05) is 0 Å². The van der Waals surface area contributed by atoms with Crippen LogP contribution in [0.2, 0.25) is 0 Å². The molecule has 0 spiro atoms. The lowest BCUT2D eigenvalue weighted by molar-refractivity contribution is -0.322. The molecule has 0 saturated carbocycles. The van der Waals surface area contributed by atoms with Crippen LogP contribution >= 0.6 is 6.72 Å². The first kappa shape index (κ1) is 17.4. The number of ether oxygens (including phenoxy) is 1. The van der Waals surface area contributed by atoms with Crippen LogP contribution < -0.4 is 21.1 Å². The molecule has 0 aliphatic carbocycles. The molecule has 4 atom stereocenters. The van der Waals surface area contributed by atoms with Gasteiger partial charge in [-0.25, -0.2) is 4.98 Å². The number of imidazole rings is 1. The van der Waals surface area contributed by atoms with Crippen LogP contribution in [0.15, 0.2) is 11.1 Å². The monoisotopic (exact) mass is 377 g/mol. The molecule has 24 heavy (non-hydrogen) atoms. The number of fused-ring (bicyclic) bond motifs is 1. The van der Waals surface area contributed by atoms with Crippen LogP contribution in [0.4, 0.5) is 5.95 Å². The molecule has 5 N–H and O–H groups in total. The maximum Gasteiger partial charge on any atom is 0.280 e. The van der Waals surface area contributed by atoms with E-state index in [1.807, 2.05) is 0 Å². The fraction of sp³-hybridized carbons (Fsp3) is 0.500. The van der Waals surface area contributed by atoms with Crippen molar-refractivity contribution in [1.29, 1.82) is 0 Å². The van der Waals surface area contributed by atoms with Gasteiger partial charge in [0.25, 0.3) is 5.56 Å². The molecule has 0 amide bonds. The van der Waals surface area contributed by atoms with Gasteiger partial charge >= 0.3 is 0 Å². The number of aliphatic hydroxyl groups excluding tert-OH is 2. The summed E-state index contributed by atoms with van der Waals surface area (Å²) in [5.41, 5.74) is 4.89. The summed E-state index contributed by atoms with van der Waals surface area (Å²) in [6.07, 6.45) is -4.06. The molecule has 1 saturated heterocycles. The molecule has 3 heterocycles. The Morgan fingerprint density at radius 2 is 2.21 bits per heavy atom. The van der Waals surface area contributed by atoms with Crippen LogP contribution in [0.25, 0.3) is 11.2 Å². The Kier molecular flexibility index (Phi) is 4.44. The van der Waals surface area contributed by atoms with Crippen molar-refractivity contribution in [2.24, 2.45) is 0 Å². The average Bonchev–Trinajstić information content (AvgIpc) is 3.00. The number of nitrogens with one attached hydrogen (secondary N) is 1. The number of aliphatic hydroxyl groups is 2. The fourth-order valence-electron chi connectivity index (χ4n) is 2.39. The lowest BCUT2D eigenvalue weighted by atomic mass is 10.1. The van der Waals surface area contributed by atoms with Gasteiger partial charge in [0.2, 0.25) is 5.95 Å². The summed E-state index contributed by atoms with van der Waals surface area (Å²) in [6.45, 7) is -5.00. The fourth-order valence-corrected chi connectivity index (χ4v) is 2.90. The van der Waals surface area contributed by atoms with Crippen molar-refractivity contribution in [3.8, 4) is 0 Å². The number of nitrogens with zero attached hydrogens (tertiary/aromatic N) is 3. The maximum absolute atomic E-state index is 11.7. The predicted molar refractivity (Wildman–Crippen MR) is 78.7 cm³/mol. The lowest BCUT2D eigenvalue weighted by Crippen LogP contribution is -2.34. The zero-order valence-corrected chi connectivity index (χ0v) is 13.5. The molecule has 0 radical (unpaired) electrons. The van der Waals surface area contributed by atoms with Gasteiger partial charge in [0.1, 0.15) is 18.3 Å². The Morgan fingerprint density at radius 3 is 2.88 bits per heavy atom. The lowest BCUT2D eigenvalue weighted by Gasteiger charge is -2.35. The predicted octanol–water partition coefficient (Wildman–Crippen LogP) is -3.72. The highest BCUT2D eigenvalue weighted by atomic mass is 32.5. The summed E-state index contributed by atoms with van der Waals surface area (Å²) >= 11 is 4.09. The van der Waals surface area contributed by atoms with E-state index in [9.17, 15) is 24.8 Å². The van der Waals surface area contributed by atoms with Crippen molar-refractivity contribution in [2.75, 3.05) is 12.3 Å². The van der Waals surface area contributed by atoms with Gasteiger partial charge in [0.05, 0.1) is 12.9 Å². The SMILES string of the molecule is Nc1nc2c(ncn2[C@@H]2O[C@H](COP([O-])([O-])=S)C(O)C2O)c(=O)[nH]1. The molecule has 2 unspecified atom stereocenters. The van der Waals surface area contributed by atoms with Gasteiger partial charge in [-0.05, 0) is 0 Å². The number of H-pyrrole nitrogens is 1. The number of nitrogens with two attached hydrogens (primary N) is 1. The van der Waals surface area contributed by atoms with E-state index in [1.165, 1.54) is 10.9 Å². The minimum Gasteiger partial charge on any atom is -0.812 e. The van der Waals surface area contributed by atoms with Crippen molar-refractivity contribution >= 4 is 35.6 Å². The van der Waals surface area contributed by atoms with Crippen LogP contribution in [0, 0.1) is 0 Å². The topological polar surface area (TPSA) is 195 Å². The van der Waals surface area contributed by atoms with Crippen molar-refractivity contribution in [1.82, 2.24) is 19.5 Å².